The number of aromatic nitrogens is 4. The Morgan fingerprint density at radius 2 is 1.68 bits per heavy atom. The molecule has 0 aliphatic heterocycles. The van der Waals surface area contributed by atoms with Crippen molar-refractivity contribution in [3.63, 3.8) is 0 Å². The minimum atomic E-state index is -3.46. The Balaban J connectivity index is 1.30. The van der Waals surface area contributed by atoms with E-state index in [1.54, 1.807) is 42.7 Å². The minimum Gasteiger partial charge on any atom is -0.457 e. The Morgan fingerprint density at radius 1 is 0.902 bits per heavy atom. The summed E-state index contributed by atoms with van der Waals surface area (Å²) < 4.78 is 32.9. The number of ether oxygens (including phenoxy) is 1. The van der Waals surface area contributed by atoms with E-state index < -0.39 is 16.1 Å². The second kappa shape index (κ2) is 10.9. The molecule has 210 valence electrons. The van der Waals surface area contributed by atoms with Crippen molar-refractivity contribution in [3.8, 4) is 22.8 Å². The van der Waals surface area contributed by atoms with Gasteiger partial charge in [-0.15, -0.1) is 0 Å². The topological polar surface area (TPSA) is 140 Å². The average Bonchev–Trinajstić information content (AvgIpc) is 3.33. The van der Waals surface area contributed by atoms with E-state index >= 15 is 0 Å². The van der Waals surface area contributed by atoms with Gasteiger partial charge in [-0.2, -0.15) is 5.10 Å². The number of nitrogens with one attached hydrogen (secondary N) is 3. The van der Waals surface area contributed by atoms with Crippen LogP contribution in [0.25, 0.3) is 22.0 Å². The Kier molecular flexibility index (Phi) is 7.33. The van der Waals surface area contributed by atoms with Gasteiger partial charge in [-0.05, 0) is 68.6 Å². The fourth-order valence-electron chi connectivity index (χ4n) is 4.00. The molecule has 2 aromatic carbocycles. The number of urea groups is 1. The lowest BCUT2D eigenvalue weighted by Crippen LogP contribution is -2.22. The maximum Gasteiger partial charge on any atom is 0.323 e. The maximum atomic E-state index is 13.0. The number of carbonyl (C=O) groups excluding carboxylic acids is 1. The molecule has 0 aliphatic rings. The number of carbonyl (C=O) groups is 1. The monoisotopic (exact) mass is 571 g/mol. The fraction of sp³-hybridized carbons (Fsp3) is 0.172. The molecule has 0 bridgehead atoms. The fourth-order valence-corrected chi connectivity index (χ4v) is 4.49. The summed E-state index contributed by atoms with van der Waals surface area (Å²) in [6.45, 7) is 6.12. The molecule has 0 spiro atoms. The molecular formula is C29H29N7O4S. The van der Waals surface area contributed by atoms with Gasteiger partial charge in [0.1, 0.15) is 23.0 Å². The van der Waals surface area contributed by atoms with Crippen molar-refractivity contribution in [1.82, 2.24) is 19.7 Å². The van der Waals surface area contributed by atoms with E-state index in [2.05, 4.69) is 25.3 Å². The molecule has 5 rings (SSSR count). The van der Waals surface area contributed by atoms with Crippen molar-refractivity contribution in [2.75, 3.05) is 21.6 Å². The van der Waals surface area contributed by atoms with Crippen LogP contribution < -0.4 is 20.1 Å². The normalized spacial score (nSPS) is 11.7. The molecule has 3 N–H and O–H groups in total. The molecule has 0 unspecified atom stereocenters. The lowest BCUT2D eigenvalue weighted by Gasteiger charge is -2.18. The quantitative estimate of drug-likeness (QED) is 0.216. The third-order valence-corrected chi connectivity index (χ3v) is 6.51. The third kappa shape index (κ3) is 6.97. The lowest BCUT2D eigenvalue weighted by atomic mass is 10.1. The molecule has 0 fully saturated rings. The second-order valence-electron chi connectivity index (χ2n) is 10.4. The van der Waals surface area contributed by atoms with E-state index in [0.29, 0.717) is 28.6 Å². The molecule has 5 aromatic rings. The van der Waals surface area contributed by atoms with Crippen LogP contribution in [0.5, 0.6) is 11.5 Å². The van der Waals surface area contributed by atoms with Crippen LogP contribution >= 0.6 is 0 Å². The van der Waals surface area contributed by atoms with Crippen LogP contribution in [-0.4, -0.2) is 40.5 Å². The zero-order chi connectivity index (χ0) is 29.2. The van der Waals surface area contributed by atoms with Gasteiger partial charge in [-0.3, -0.25) is 14.4 Å². The van der Waals surface area contributed by atoms with Gasteiger partial charge < -0.3 is 15.4 Å². The number of rotatable bonds is 7. The van der Waals surface area contributed by atoms with Crippen molar-refractivity contribution in [2.45, 2.75) is 26.3 Å². The Labute approximate surface area is 237 Å². The Bertz CT molecular complexity index is 1830. The van der Waals surface area contributed by atoms with E-state index in [-0.39, 0.29) is 11.4 Å². The van der Waals surface area contributed by atoms with Gasteiger partial charge in [0, 0.05) is 47.5 Å². The summed E-state index contributed by atoms with van der Waals surface area (Å²) in [5.41, 5.74) is 2.35. The van der Waals surface area contributed by atoms with E-state index in [1.165, 1.54) is 12.3 Å². The van der Waals surface area contributed by atoms with Crippen molar-refractivity contribution >= 4 is 44.0 Å². The minimum absolute atomic E-state index is 0.148. The number of benzene rings is 2. The average molecular weight is 572 g/mol. The number of anilines is 3. The van der Waals surface area contributed by atoms with Gasteiger partial charge >= 0.3 is 6.03 Å². The third-order valence-electron chi connectivity index (χ3n) is 5.93. The van der Waals surface area contributed by atoms with Crippen LogP contribution in [0.15, 0.2) is 85.5 Å². The summed E-state index contributed by atoms with van der Waals surface area (Å²) in [6, 6.07) is 17.3. The zero-order valence-corrected chi connectivity index (χ0v) is 23.7. The standard InChI is InChI=1S/C29H29N7O4S/c1-29(2,3)36-18-25(27(34-36)20-5-6-21-17-30-13-11-19(21)15-20)33-28(37)32-22-7-9-23(10-8-22)40-24-12-14-31-26(16-24)35-41(4,38)39/h5-18H,1-4H3,(H,31,35)(H2,32,33,37). The largest absolute Gasteiger partial charge is 0.457 e. The number of nitrogens with zero attached hydrogens (tertiary/aromatic N) is 4. The summed E-state index contributed by atoms with van der Waals surface area (Å²) in [5.74, 6) is 1.04. The first kappa shape index (κ1) is 27.6. The van der Waals surface area contributed by atoms with E-state index in [0.717, 1.165) is 22.6 Å². The number of pyridine rings is 2. The first-order chi connectivity index (χ1) is 19.4. The van der Waals surface area contributed by atoms with E-state index in [4.69, 9.17) is 9.84 Å². The molecule has 0 saturated heterocycles. The van der Waals surface area contributed by atoms with Gasteiger partial charge in [-0.1, -0.05) is 12.1 Å². The highest BCUT2D eigenvalue weighted by atomic mass is 32.2. The maximum absolute atomic E-state index is 13.0. The molecule has 41 heavy (non-hydrogen) atoms. The lowest BCUT2D eigenvalue weighted by molar-refractivity contribution is 0.262. The predicted molar refractivity (Wildman–Crippen MR) is 160 cm³/mol. The van der Waals surface area contributed by atoms with Crippen molar-refractivity contribution in [1.29, 1.82) is 0 Å². The van der Waals surface area contributed by atoms with E-state index in [1.807, 2.05) is 55.9 Å². The highest BCUT2D eigenvalue weighted by molar-refractivity contribution is 7.92. The molecule has 11 nitrogen and oxygen atoms in total. The van der Waals surface area contributed by atoms with Crippen molar-refractivity contribution in [2.24, 2.45) is 0 Å². The summed E-state index contributed by atoms with van der Waals surface area (Å²) in [7, 11) is -3.46. The van der Waals surface area contributed by atoms with Gasteiger partial charge in [0.15, 0.2) is 0 Å². The van der Waals surface area contributed by atoms with E-state index in [9.17, 15) is 13.2 Å². The molecule has 3 heterocycles. The van der Waals surface area contributed by atoms with Gasteiger partial charge in [0.2, 0.25) is 10.0 Å². The second-order valence-corrected chi connectivity index (χ2v) is 12.1. The summed E-state index contributed by atoms with van der Waals surface area (Å²) in [4.78, 5) is 21.1. The number of hydrogen-bond acceptors (Lipinski definition) is 7. The first-order valence-corrected chi connectivity index (χ1v) is 14.6. The van der Waals surface area contributed by atoms with Crippen LogP contribution in [0.2, 0.25) is 0 Å². The molecule has 0 saturated carbocycles. The van der Waals surface area contributed by atoms with Crippen LogP contribution in [0.3, 0.4) is 0 Å². The van der Waals surface area contributed by atoms with Crippen LogP contribution in [-0.2, 0) is 15.6 Å². The van der Waals surface area contributed by atoms with Gasteiger partial charge in [-0.25, -0.2) is 18.2 Å². The number of fused-ring (bicyclic) bond motifs is 1. The molecule has 0 aliphatic carbocycles. The van der Waals surface area contributed by atoms with Gasteiger partial charge in [0.25, 0.3) is 0 Å². The first-order valence-electron chi connectivity index (χ1n) is 12.7. The molecule has 2 amide bonds. The molecule has 12 heteroatoms. The zero-order valence-electron chi connectivity index (χ0n) is 22.9. The summed E-state index contributed by atoms with van der Waals surface area (Å²) in [5, 5.41) is 12.6. The highest BCUT2D eigenvalue weighted by Gasteiger charge is 2.20. The molecule has 3 aromatic heterocycles. The summed E-state index contributed by atoms with van der Waals surface area (Å²) >= 11 is 0. The Morgan fingerprint density at radius 3 is 2.41 bits per heavy atom. The predicted octanol–water partition coefficient (Wildman–Crippen LogP) is 6.06. The van der Waals surface area contributed by atoms with Gasteiger partial charge in [0.05, 0.1) is 17.5 Å². The highest BCUT2D eigenvalue weighted by Crippen LogP contribution is 2.31. The van der Waals surface area contributed by atoms with Crippen molar-refractivity contribution < 1.29 is 17.9 Å². The van der Waals surface area contributed by atoms with Crippen LogP contribution in [0, 0.1) is 0 Å². The van der Waals surface area contributed by atoms with Crippen molar-refractivity contribution in [3.05, 3.63) is 85.5 Å². The molecule has 0 radical (unpaired) electrons. The number of sulfonamides is 1. The summed E-state index contributed by atoms with van der Waals surface area (Å²) in [6.07, 6.45) is 7.86. The number of amides is 2. The smallest absolute Gasteiger partial charge is 0.323 e. The molecule has 0 atom stereocenters. The Hall–Kier alpha value is -4.97. The SMILES string of the molecule is CC(C)(C)n1cc(NC(=O)Nc2ccc(Oc3ccnc(NS(C)(=O)=O)c3)cc2)c(-c2ccc3cnccc3c2)n1. The molecular weight excluding hydrogens is 542 g/mol. The van der Waals surface area contributed by atoms with Crippen LogP contribution in [0.4, 0.5) is 22.0 Å². The van der Waals surface area contributed by atoms with Crippen LogP contribution in [0.1, 0.15) is 20.8 Å². The number of hydrogen-bond donors (Lipinski definition) is 3.